The highest BCUT2D eigenvalue weighted by molar-refractivity contribution is 7.07. The molecule has 0 aliphatic carbocycles. The minimum atomic E-state index is 0.429. The highest BCUT2D eigenvalue weighted by Crippen LogP contribution is 2.08. The number of nitrogens with one attached hydrogen (secondary N) is 1. The van der Waals surface area contributed by atoms with Gasteiger partial charge < -0.3 is 5.32 Å². The van der Waals surface area contributed by atoms with Crippen molar-refractivity contribution in [1.82, 2.24) is 9.97 Å². The maximum absolute atomic E-state index is 8.69. The van der Waals surface area contributed by atoms with Crippen LogP contribution in [0.3, 0.4) is 0 Å². The monoisotopic (exact) mass is 230 g/mol. The summed E-state index contributed by atoms with van der Waals surface area (Å²) in [4.78, 5) is 8.10. The molecule has 1 N–H and O–H groups in total. The van der Waals surface area contributed by atoms with E-state index in [-0.39, 0.29) is 0 Å². The summed E-state index contributed by atoms with van der Waals surface area (Å²) in [7, 11) is 0. The number of aromatic nitrogens is 2. The van der Waals surface area contributed by atoms with Crippen molar-refractivity contribution in [3.05, 3.63) is 40.6 Å². The fourth-order valence-corrected chi connectivity index (χ4v) is 1.89. The third kappa shape index (κ3) is 2.78. The molecule has 0 aliphatic heterocycles. The summed E-state index contributed by atoms with van der Waals surface area (Å²) < 4.78 is 0. The highest BCUT2D eigenvalue weighted by Gasteiger charge is 1.97. The lowest BCUT2D eigenvalue weighted by Crippen LogP contribution is -2.05. The molecule has 4 nitrogen and oxygen atoms in total. The molecule has 0 amide bonds. The van der Waals surface area contributed by atoms with Gasteiger partial charge in [0.05, 0.1) is 11.2 Å². The van der Waals surface area contributed by atoms with Gasteiger partial charge in [0.1, 0.15) is 11.8 Å². The standard InChI is InChI=1S/C11H10N4S/c12-6-11-5-9(1-3-14-11)13-4-2-10-7-16-8-15-10/h1,3,5,7-8H,2,4H2,(H,13,14). The highest BCUT2D eigenvalue weighted by atomic mass is 32.1. The van der Waals surface area contributed by atoms with E-state index in [2.05, 4.69) is 15.3 Å². The quantitative estimate of drug-likeness (QED) is 0.873. The third-order valence-corrected chi connectivity index (χ3v) is 2.70. The predicted octanol–water partition coefficient (Wildman–Crippen LogP) is 2.06. The van der Waals surface area contributed by atoms with Gasteiger partial charge in [-0.2, -0.15) is 5.26 Å². The smallest absolute Gasteiger partial charge is 0.142 e. The van der Waals surface area contributed by atoms with Gasteiger partial charge in [-0.05, 0) is 12.1 Å². The van der Waals surface area contributed by atoms with Crippen LogP contribution in [0.2, 0.25) is 0 Å². The van der Waals surface area contributed by atoms with Gasteiger partial charge in [0, 0.05) is 30.2 Å². The summed E-state index contributed by atoms with van der Waals surface area (Å²) in [6.07, 6.45) is 2.51. The molecule has 0 atom stereocenters. The Morgan fingerprint density at radius 3 is 3.12 bits per heavy atom. The zero-order valence-corrected chi connectivity index (χ0v) is 9.37. The Labute approximate surface area is 97.6 Å². The van der Waals surface area contributed by atoms with E-state index in [0.29, 0.717) is 5.69 Å². The van der Waals surface area contributed by atoms with Crippen molar-refractivity contribution in [2.75, 3.05) is 11.9 Å². The minimum Gasteiger partial charge on any atom is -0.385 e. The predicted molar refractivity (Wildman–Crippen MR) is 63.3 cm³/mol. The fourth-order valence-electron chi connectivity index (χ4n) is 1.30. The topological polar surface area (TPSA) is 61.6 Å². The summed E-state index contributed by atoms with van der Waals surface area (Å²) in [6.45, 7) is 0.804. The first kappa shape index (κ1) is 10.6. The number of hydrogen-bond donors (Lipinski definition) is 1. The van der Waals surface area contributed by atoms with E-state index in [0.717, 1.165) is 24.3 Å². The molecule has 2 rings (SSSR count). The molecule has 0 fully saturated rings. The average Bonchev–Trinajstić information content (AvgIpc) is 2.82. The van der Waals surface area contributed by atoms with Gasteiger partial charge >= 0.3 is 0 Å². The third-order valence-electron chi connectivity index (χ3n) is 2.07. The van der Waals surface area contributed by atoms with E-state index in [4.69, 9.17) is 5.26 Å². The van der Waals surface area contributed by atoms with Crippen LogP contribution in [0.5, 0.6) is 0 Å². The first-order valence-electron chi connectivity index (χ1n) is 4.85. The second-order valence-corrected chi connectivity index (χ2v) is 3.92. The molecule has 5 heteroatoms. The normalized spacial score (nSPS) is 9.69. The van der Waals surface area contributed by atoms with Crippen LogP contribution < -0.4 is 5.32 Å². The largest absolute Gasteiger partial charge is 0.385 e. The Hall–Kier alpha value is -1.93. The van der Waals surface area contributed by atoms with Crippen LogP contribution in [-0.2, 0) is 6.42 Å². The molecule has 0 saturated heterocycles. The second kappa shape index (κ2) is 5.24. The van der Waals surface area contributed by atoms with Gasteiger partial charge in [0.25, 0.3) is 0 Å². The van der Waals surface area contributed by atoms with E-state index in [1.165, 1.54) is 0 Å². The van der Waals surface area contributed by atoms with Gasteiger partial charge in [-0.3, -0.25) is 0 Å². The van der Waals surface area contributed by atoms with Crippen LogP contribution in [0.25, 0.3) is 0 Å². The van der Waals surface area contributed by atoms with Crippen LogP contribution in [0, 0.1) is 11.3 Å². The molecule has 16 heavy (non-hydrogen) atoms. The Morgan fingerprint density at radius 2 is 2.38 bits per heavy atom. The fraction of sp³-hybridized carbons (Fsp3) is 0.182. The van der Waals surface area contributed by atoms with Crippen molar-refractivity contribution >= 4 is 17.0 Å². The molecule has 80 valence electrons. The molecule has 2 heterocycles. The summed E-state index contributed by atoms with van der Waals surface area (Å²) in [6, 6.07) is 5.60. The number of hydrogen-bond acceptors (Lipinski definition) is 5. The van der Waals surface area contributed by atoms with E-state index >= 15 is 0 Å². The number of pyridine rings is 1. The first-order chi connectivity index (χ1) is 7.88. The Bertz CT molecular complexity index is 487. The van der Waals surface area contributed by atoms with Gasteiger partial charge in [-0.15, -0.1) is 11.3 Å². The van der Waals surface area contributed by atoms with Gasteiger partial charge in [-0.25, -0.2) is 9.97 Å². The Balaban J connectivity index is 1.88. The lowest BCUT2D eigenvalue weighted by Gasteiger charge is -2.04. The summed E-state index contributed by atoms with van der Waals surface area (Å²) in [5.74, 6) is 0. The summed E-state index contributed by atoms with van der Waals surface area (Å²) in [5, 5.41) is 14.0. The van der Waals surface area contributed by atoms with Crippen LogP contribution in [0.4, 0.5) is 5.69 Å². The number of nitrogens with zero attached hydrogens (tertiary/aromatic N) is 3. The van der Waals surface area contributed by atoms with E-state index in [1.807, 2.05) is 23.0 Å². The van der Waals surface area contributed by atoms with Crippen molar-refractivity contribution in [1.29, 1.82) is 5.26 Å². The van der Waals surface area contributed by atoms with Crippen LogP contribution in [-0.4, -0.2) is 16.5 Å². The lowest BCUT2D eigenvalue weighted by molar-refractivity contribution is 0.976. The van der Waals surface area contributed by atoms with Crippen LogP contribution >= 0.6 is 11.3 Å². The minimum absolute atomic E-state index is 0.429. The summed E-state index contributed by atoms with van der Waals surface area (Å²) >= 11 is 1.60. The van der Waals surface area contributed by atoms with Crippen LogP contribution in [0.15, 0.2) is 29.2 Å². The van der Waals surface area contributed by atoms with Crippen LogP contribution in [0.1, 0.15) is 11.4 Å². The number of anilines is 1. The summed E-state index contributed by atoms with van der Waals surface area (Å²) in [5.41, 5.74) is 4.27. The molecule has 0 unspecified atom stereocenters. The van der Waals surface area contributed by atoms with E-state index < -0.39 is 0 Å². The molecular weight excluding hydrogens is 220 g/mol. The van der Waals surface area contributed by atoms with Gasteiger partial charge in [0.2, 0.25) is 0 Å². The average molecular weight is 230 g/mol. The Kier molecular flexibility index (Phi) is 3.46. The zero-order chi connectivity index (χ0) is 11.2. The Morgan fingerprint density at radius 1 is 1.44 bits per heavy atom. The van der Waals surface area contributed by atoms with Gasteiger partial charge in [-0.1, -0.05) is 0 Å². The molecule has 0 spiro atoms. The zero-order valence-electron chi connectivity index (χ0n) is 8.55. The molecular formula is C11H10N4S. The first-order valence-corrected chi connectivity index (χ1v) is 5.80. The second-order valence-electron chi connectivity index (χ2n) is 3.20. The van der Waals surface area contributed by atoms with Crippen molar-refractivity contribution in [3.63, 3.8) is 0 Å². The number of rotatable bonds is 4. The van der Waals surface area contributed by atoms with E-state index in [1.54, 1.807) is 23.6 Å². The van der Waals surface area contributed by atoms with E-state index in [9.17, 15) is 0 Å². The molecule has 0 radical (unpaired) electrons. The number of nitriles is 1. The molecule has 2 aromatic heterocycles. The molecule has 0 saturated carbocycles. The molecule has 0 aromatic carbocycles. The molecule has 0 aliphatic rings. The van der Waals surface area contributed by atoms with Crippen molar-refractivity contribution in [2.24, 2.45) is 0 Å². The lowest BCUT2D eigenvalue weighted by atomic mass is 10.3. The van der Waals surface area contributed by atoms with Crippen molar-refractivity contribution in [2.45, 2.75) is 6.42 Å². The van der Waals surface area contributed by atoms with Crippen molar-refractivity contribution in [3.8, 4) is 6.07 Å². The van der Waals surface area contributed by atoms with Gasteiger partial charge in [0.15, 0.2) is 0 Å². The van der Waals surface area contributed by atoms with Crippen molar-refractivity contribution < 1.29 is 0 Å². The molecule has 2 aromatic rings. The number of thiazole rings is 1. The maximum atomic E-state index is 8.69. The maximum Gasteiger partial charge on any atom is 0.142 e. The molecule has 0 bridgehead atoms. The SMILES string of the molecule is N#Cc1cc(NCCc2cscn2)ccn1.